The second-order valence-electron chi connectivity index (χ2n) is 4.73. The molecule has 5 nitrogen and oxygen atoms in total. The van der Waals surface area contributed by atoms with Gasteiger partial charge in [-0.25, -0.2) is 0 Å². The van der Waals surface area contributed by atoms with Crippen LogP contribution >= 0.6 is 0 Å². The Kier molecular flexibility index (Phi) is 2.76. The lowest BCUT2D eigenvalue weighted by Gasteiger charge is -2.09. The number of carbonyl (C=O) groups excluding carboxylic acids is 1. The molecule has 0 bridgehead atoms. The van der Waals surface area contributed by atoms with Crippen LogP contribution in [-0.2, 0) is 0 Å². The van der Waals surface area contributed by atoms with Gasteiger partial charge in [0, 0.05) is 11.9 Å². The maximum atomic E-state index is 12.0. The third-order valence-corrected chi connectivity index (χ3v) is 3.32. The zero-order chi connectivity index (χ0) is 12.5. The Morgan fingerprint density at radius 1 is 1.50 bits per heavy atom. The average Bonchev–Trinajstić information content (AvgIpc) is 3.15. The van der Waals surface area contributed by atoms with Crippen LogP contribution in [0, 0.1) is 5.92 Å². The van der Waals surface area contributed by atoms with Crippen LogP contribution in [0.15, 0.2) is 24.3 Å². The summed E-state index contributed by atoms with van der Waals surface area (Å²) in [6.45, 7) is 0.296. The van der Waals surface area contributed by atoms with E-state index in [1.165, 1.54) is 0 Å². The number of benzene rings is 1. The van der Waals surface area contributed by atoms with Crippen LogP contribution in [0.5, 0.6) is 0 Å². The van der Waals surface area contributed by atoms with Crippen molar-refractivity contribution >= 4 is 16.8 Å². The standard InChI is InChI=1S/C13H15N3O2/c17-11(8-5-6-8)7-14-13(18)12-9-3-1-2-4-10(9)15-16-12/h1-4,8,11,17H,5-7H2,(H,14,18)(H,15,16). The first-order valence-corrected chi connectivity index (χ1v) is 6.15. The third-order valence-electron chi connectivity index (χ3n) is 3.32. The first-order valence-electron chi connectivity index (χ1n) is 6.15. The minimum atomic E-state index is -0.431. The summed E-state index contributed by atoms with van der Waals surface area (Å²) in [7, 11) is 0. The van der Waals surface area contributed by atoms with Crippen LogP contribution in [0.2, 0.25) is 0 Å². The lowest BCUT2D eigenvalue weighted by molar-refractivity contribution is 0.0898. The molecule has 2 aromatic rings. The Balaban J connectivity index is 1.71. The Morgan fingerprint density at radius 2 is 2.28 bits per heavy atom. The topological polar surface area (TPSA) is 78.0 Å². The Hall–Kier alpha value is -1.88. The van der Waals surface area contributed by atoms with Crippen molar-refractivity contribution in [3.63, 3.8) is 0 Å². The fourth-order valence-electron chi connectivity index (χ4n) is 2.07. The molecule has 1 fully saturated rings. The van der Waals surface area contributed by atoms with Gasteiger partial charge in [0.2, 0.25) is 0 Å². The molecule has 1 aromatic heterocycles. The molecule has 1 heterocycles. The van der Waals surface area contributed by atoms with E-state index in [1.807, 2.05) is 24.3 Å². The quantitative estimate of drug-likeness (QED) is 0.753. The van der Waals surface area contributed by atoms with Crippen LogP contribution in [0.25, 0.3) is 10.9 Å². The van der Waals surface area contributed by atoms with Crippen molar-refractivity contribution in [2.75, 3.05) is 6.54 Å². The van der Waals surface area contributed by atoms with Crippen molar-refractivity contribution in [3.8, 4) is 0 Å². The van der Waals surface area contributed by atoms with Crippen molar-refractivity contribution in [1.29, 1.82) is 0 Å². The average molecular weight is 245 g/mol. The summed E-state index contributed by atoms with van der Waals surface area (Å²) in [4.78, 5) is 12.0. The zero-order valence-corrected chi connectivity index (χ0v) is 9.89. The highest BCUT2D eigenvalue weighted by Crippen LogP contribution is 2.32. The molecule has 3 rings (SSSR count). The smallest absolute Gasteiger partial charge is 0.272 e. The molecule has 0 saturated heterocycles. The molecule has 5 heteroatoms. The van der Waals surface area contributed by atoms with E-state index in [0.717, 1.165) is 23.7 Å². The summed E-state index contributed by atoms with van der Waals surface area (Å²) in [5, 5.41) is 20.1. The second-order valence-corrected chi connectivity index (χ2v) is 4.73. The predicted octanol–water partition coefficient (Wildman–Crippen LogP) is 1.06. The van der Waals surface area contributed by atoms with E-state index in [9.17, 15) is 9.90 Å². The highest BCUT2D eigenvalue weighted by atomic mass is 16.3. The predicted molar refractivity (Wildman–Crippen MR) is 67.2 cm³/mol. The number of amides is 1. The molecule has 0 aliphatic heterocycles. The van der Waals surface area contributed by atoms with Gasteiger partial charge in [0.15, 0.2) is 5.69 Å². The van der Waals surface area contributed by atoms with Crippen LogP contribution < -0.4 is 5.32 Å². The molecule has 1 amide bonds. The molecule has 94 valence electrons. The van der Waals surface area contributed by atoms with Crippen molar-refractivity contribution in [2.45, 2.75) is 18.9 Å². The van der Waals surface area contributed by atoms with Crippen molar-refractivity contribution in [1.82, 2.24) is 15.5 Å². The van der Waals surface area contributed by atoms with Gasteiger partial charge in [0.1, 0.15) is 0 Å². The Labute approximate surface area is 104 Å². The summed E-state index contributed by atoms with van der Waals surface area (Å²) in [6.07, 6.45) is 1.68. The van der Waals surface area contributed by atoms with E-state index in [0.29, 0.717) is 18.2 Å². The number of aliphatic hydroxyl groups is 1. The number of aromatic amines is 1. The van der Waals surface area contributed by atoms with E-state index in [4.69, 9.17) is 0 Å². The fourth-order valence-corrected chi connectivity index (χ4v) is 2.07. The van der Waals surface area contributed by atoms with Crippen molar-refractivity contribution in [3.05, 3.63) is 30.0 Å². The summed E-state index contributed by atoms with van der Waals surface area (Å²) in [5.41, 5.74) is 1.22. The SMILES string of the molecule is O=C(NCC(O)C1CC1)c1n[nH]c2ccccc12. The highest BCUT2D eigenvalue weighted by Gasteiger charge is 2.30. The third kappa shape index (κ3) is 2.09. The molecule has 1 saturated carbocycles. The van der Waals surface area contributed by atoms with Gasteiger partial charge in [0.25, 0.3) is 5.91 Å². The van der Waals surface area contributed by atoms with Gasteiger partial charge < -0.3 is 10.4 Å². The summed E-state index contributed by atoms with van der Waals surface area (Å²) < 4.78 is 0. The van der Waals surface area contributed by atoms with Gasteiger partial charge in [-0.05, 0) is 24.8 Å². The molecular formula is C13H15N3O2. The lowest BCUT2D eigenvalue weighted by atomic mass is 10.2. The molecule has 0 spiro atoms. The molecule has 1 aliphatic rings. The molecule has 3 N–H and O–H groups in total. The number of nitrogens with zero attached hydrogens (tertiary/aromatic N) is 1. The van der Waals surface area contributed by atoms with Gasteiger partial charge in [-0.2, -0.15) is 5.10 Å². The zero-order valence-electron chi connectivity index (χ0n) is 9.89. The lowest BCUT2D eigenvalue weighted by Crippen LogP contribution is -2.33. The number of para-hydroxylation sites is 1. The van der Waals surface area contributed by atoms with Gasteiger partial charge in [-0.15, -0.1) is 0 Å². The Bertz CT molecular complexity index is 574. The molecular weight excluding hydrogens is 230 g/mol. The van der Waals surface area contributed by atoms with Gasteiger partial charge in [-0.3, -0.25) is 9.89 Å². The molecule has 0 radical (unpaired) electrons. The van der Waals surface area contributed by atoms with Crippen molar-refractivity contribution in [2.24, 2.45) is 5.92 Å². The minimum Gasteiger partial charge on any atom is -0.391 e. The van der Waals surface area contributed by atoms with Gasteiger partial charge >= 0.3 is 0 Å². The van der Waals surface area contributed by atoms with E-state index in [-0.39, 0.29) is 5.91 Å². The first-order chi connectivity index (χ1) is 8.75. The normalized spacial score (nSPS) is 16.7. The Morgan fingerprint density at radius 3 is 3.06 bits per heavy atom. The van der Waals surface area contributed by atoms with E-state index in [1.54, 1.807) is 0 Å². The second kappa shape index (κ2) is 4.42. The number of rotatable bonds is 4. The van der Waals surface area contributed by atoms with Gasteiger partial charge in [0.05, 0.1) is 11.6 Å². The largest absolute Gasteiger partial charge is 0.391 e. The van der Waals surface area contributed by atoms with E-state index >= 15 is 0 Å². The number of hydrogen-bond donors (Lipinski definition) is 3. The summed E-state index contributed by atoms with van der Waals surface area (Å²) in [5.74, 6) is 0.119. The molecule has 1 unspecified atom stereocenters. The summed E-state index contributed by atoms with van der Waals surface area (Å²) in [6, 6.07) is 7.48. The maximum absolute atomic E-state index is 12.0. The highest BCUT2D eigenvalue weighted by molar-refractivity contribution is 6.04. The molecule has 1 aromatic carbocycles. The minimum absolute atomic E-state index is 0.243. The van der Waals surface area contributed by atoms with Crippen LogP contribution in [0.4, 0.5) is 0 Å². The monoisotopic (exact) mass is 245 g/mol. The number of H-pyrrole nitrogens is 1. The number of nitrogens with one attached hydrogen (secondary N) is 2. The van der Waals surface area contributed by atoms with Crippen LogP contribution in [0.3, 0.4) is 0 Å². The van der Waals surface area contributed by atoms with Gasteiger partial charge in [-0.1, -0.05) is 18.2 Å². The number of carbonyl (C=O) groups is 1. The van der Waals surface area contributed by atoms with Crippen LogP contribution in [0.1, 0.15) is 23.3 Å². The fraction of sp³-hybridized carbons (Fsp3) is 0.385. The van der Waals surface area contributed by atoms with E-state index < -0.39 is 6.10 Å². The van der Waals surface area contributed by atoms with Crippen LogP contribution in [-0.4, -0.2) is 33.9 Å². The number of fused-ring (bicyclic) bond motifs is 1. The molecule has 1 aliphatic carbocycles. The molecule has 18 heavy (non-hydrogen) atoms. The number of aromatic nitrogens is 2. The number of hydrogen-bond acceptors (Lipinski definition) is 3. The summed E-state index contributed by atoms with van der Waals surface area (Å²) >= 11 is 0. The van der Waals surface area contributed by atoms with Crippen molar-refractivity contribution < 1.29 is 9.90 Å². The first kappa shape index (κ1) is 11.2. The molecule has 1 atom stereocenters. The number of aliphatic hydroxyl groups excluding tert-OH is 1. The van der Waals surface area contributed by atoms with E-state index in [2.05, 4.69) is 15.5 Å². The maximum Gasteiger partial charge on any atom is 0.272 e.